The fourth-order valence-corrected chi connectivity index (χ4v) is 4.80. The van der Waals surface area contributed by atoms with Crippen LogP contribution in [0.2, 0.25) is 0 Å². The van der Waals surface area contributed by atoms with E-state index in [2.05, 4.69) is 10.3 Å². The molecular formula is C30H28N4O6. The molecule has 0 fully saturated rings. The van der Waals surface area contributed by atoms with Gasteiger partial charge in [-0.2, -0.15) is 0 Å². The lowest BCUT2D eigenvalue weighted by molar-refractivity contribution is -0.153. The molecule has 0 saturated carbocycles. The first-order valence-electron chi connectivity index (χ1n) is 12.6. The average molecular weight is 541 g/mol. The fourth-order valence-electron chi connectivity index (χ4n) is 4.80. The lowest BCUT2D eigenvalue weighted by atomic mass is 9.98. The summed E-state index contributed by atoms with van der Waals surface area (Å²) in [5, 5.41) is 3.31. The second-order valence-electron chi connectivity index (χ2n) is 10.3. The average Bonchev–Trinajstić information content (AvgIpc) is 3.42. The number of hydrogen-bond donors (Lipinski definition) is 1. The maximum Gasteiger partial charge on any atom is 0.419 e. The number of methoxy groups -OCH3 is 1. The van der Waals surface area contributed by atoms with Gasteiger partial charge in [-0.15, -0.1) is 0 Å². The fraction of sp³-hybridized carbons (Fsp3) is 0.233. The predicted molar refractivity (Wildman–Crippen MR) is 147 cm³/mol. The zero-order valence-corrected chi connectivity index (χ0v) is 22.5. The monoisotopic (exact) mass is 540 g/mol. The van der Waals surface area contributed by atoms with Crippen LogP contribution in [0.5, 0.6) is 0 Å². The molecule has 0 aliphatic carbocycles. The molecule has 3 amide bonds. The van der Waals surface area contributed by atoms with E-state index in [0.717, 1.165) is 4.90 Å². The van der Waals surface area contributed by atoms with E-state index in [0.29, 0.717) is 16.5 Å². The van der Waals surface area contributed by atoms with Crippen molar-refractivity contribution in [2.24, 2.45) is 0 Å². The summed E-state index contributed by atoms with van der Waals surface area (Å²) in [6.45, 7) is 5.28. The summed E-state index contributed by atoms with van der Waals surface area (Å²) >= 11 is 0. The summed E-state index contributed by atoms with van der Waals surface area (Å²) in [5.74, 6) is -1.91. The van der Waals surface area contributed by atoms with Gasteiger partial charge in [0.15, 0.2) is 0 Å². The molecule has 3 heterocycles. The van der Waals surface area contributed by atoms with Gasteiger partial charge in [-0.1, -0.05) is 36.4 Å². The molecule has 0 spiro atoms. The molecule has 1 N–H and O–H groups in total. The number of benzene rings is 2. The number of hydrogen-bond acceptors (Lipinski definition) is 7. The van der Waals surface area contributed by atoms with Crippen LogP contribution in [-0.2, 0) is 20.7 Å². The van der Waals surface area contributed by atoms with Gasteiger partial charge in [0.05, 0.1) is 16.6 Å². The molecule has 0 unspecified atom stereocenters. The normalized spacial score (nSPS) is 14.7. The quantitative estimate of drug-likeness (QED) is 0.354. The Bertz CT molecular complexity index is 1600. The van der Waals surface area contributed by atoms with Gasteiger partial charge >= 0.3 is 6.09 Å². The van der Waals surface area contributed by atoms with Crippen molar-refractivity contribution in [1.29, 1.82) is 0 Å². The van der Waals surface area contributed by atoms with E-state index in [9.17, 15) is 19.2 Å². The summed E-state index contributed by atoms with van der Waals surface area (Å²) < 4.78 is 12.8. The number of nitrogens with zero attached hydrogens (tertiary/aromatic N) is 3. The molecule has 0 saturated heterocycles. The Morgan fingerprint density at radius 2 is 1.52 bits per heavy atom. The van der Waals surface area contributed by atoms with Crippen LogP contribution in [0.1, 0.15) is 47.1 Å². The first kappa shape index (κ1) is 26.8. The molecule has 0 bridgehead atoms. The molecule has 4 aromatic rings. The van der Waals surface area contributed by atoms with E-state index < -0.39 is 35.1 Å². The van der Waals surface area contributed by atoms with E-state index in [-0.39, 0.29) is 23.4 Å². The largest absolute Gasteiger partial charge is 0.443 e. The van der Waals surface area contributed by atoms with Crippen molar-refractivity contribution in [3.63, 3.8) is 0 Å². The van der Waals surface area contributed by atoms with Crippen LogP contribution < -0.4 is 5.32 Å². The van der Waals surface area contributed by atoms with Crippen LogP contribution in [0.4, 0.5) is 10.6 Å². The highest BCUT2D eigenvalue weighted by molar-refractivity contribution is 6.24. The Kier molecular flexibility index (Phi) is 6.72. The Hall–Kier alpha value is -4.83. The third-order valence-electron chi connectivity index (χ3n) is 6.57. The molecule has 204 valence electrons. The number of pyridine rings is 1. The Labute approximate surface area is 230 Å². The number of carbonyl (C=O) groups excluding carboxylic acids is 4. The molecular weight excluding hydrogens is 512 g/mol. The summed E-state index contributed by atoms with van der Waals surface area (Å²) in [6.07, 6.45) is 2.17. The first-order valence-corrected chi connectivity index (χ1v) is 12.6. The standard InChI is InChI=1S/C30H28N4O6/c1-29(2,3)40-28(38)33-18-19(20-11-7-8-14-23(20)33)17-30(39-4,27(37)32-24-15-9-10-16-31-24)34-25(35)21-12-5-6-13-22(21)26(34)36/h5-16,18H,17H2,1-4H3,(H,31,32,37)/t30-/m0/s1. The van der Waals surface area contributed by atoms with Crippen LogP contribution >= 0.6 is 0 Å². The molecule has 1 aliphatic heterocycles. The number of amides is 3. The second kappa shape index (κ2) is 10.0. The van der Waals surface area contributed by atoms with E-state index in [1.54, 1.807) is 81.6 Å². The van der Waals surface area contributed by atoms with Crippen LogP contribution in [0, 0.1) is 0 Å². The highest BCUT2D eigenvalue weighted by atomic mass is 16.6. The number of para-hydroxylation sites is 1. The van der Waals surface area contributed by atoms with Gasteiger partial charge in [0, 0.05) is 31.3 Å². The maximum absolute atomic E-state index is 14.0. The molecule has 40 heavy (non-hydrogen) atoms. The summed E-state index contributed by atoms with van der Waals surface area (Å²) in [5.41, 5.74) is -1.54. The SMILES string of the molecule is CO[C@@](Cc1cn(C(=O)OC(C)(C)C)c2ccccc12)(C(=O)Nc1ccccn1)N1C(=O)c2ccccc2C1=O. The van der Waals surface area contributed by atoms with Gasteiger partial charge in [-0.3, -0.25) is 19.0 Å². The van der Waals surface area contributed by atoms with Gasteiger partial charge in [0.1, 0.15) is 11.4 Å². The number of anilines is 1. The van der Waals surface area contributed by atoms with Gasteiger partial charge in [0.25, 0.3) is 17.7 Å². The van der Waals surface area contributed by atoms with E-state index in [1.165, 1.54) is 30.0 Å². The number of nitrogens with one attached hydrogen (secondary N) is 1. The zero-order chi connectivity index (χ0) is 28.7. The Morgan fingerprint density at radius 3 is 2.12 bits per heavy atom. The highest BCUT2D eigenvalue weighted by Gasteiger charge is 2.55. The van der Waals surface area contributed by atoms with Crippen molar-refractivity contribution < 1.29 is 28.7 Å². The molecule has 0 radical (unpaired) electrons. The Morgan fingerprint density at radius 1 is 0.900 bits per heavy atom. The smallest absolute Gasteiger partial charge is 0.419 e. The summed E-state index contributed by atoms with van der Waals surface area (Å²) in [4.78, 5) is 59.4. The zero-order valence-electron chi connectivity index (χ0n) is 22.5. The van der Waals surface area contributed by atoms with Crippen LogP contribution in [0.25, 0.3) is 10.9 Å². The molecule has 1 aliphatic rings. The second-order valence-corrected chi connectivity index (χ2v) is 10.3. The van der Waals surface area contributed by atoms with Crippen LogP contribution in [0.3, 0.4) is 0 Å². The van der Waals surface area contributed by atoms with Crippen molar-refractivity contribution in [2.75, 3.05) is 12.4 Å². The molecule has 2 aromatic heterocycles. The Balaban J connectivity index is 1.65. The van der Waals surface area contributed by atoms with E-state index in [4.69, 9.17) is 9.47 Å². The van der Waals surface area contributed by atoms with Gasteiger partial charge in [-0.05, 0) is 56.7 Å². The number of aromatic nitrogens is 2. The summed E-state index contributed by atoms with van der Waals surface area (Å²) in [7, 11) is 1.26. The van der Waals surface area contributed by atoms with Crippen molar-refractivity contribution in [2.45, 2.75) is 38.5 Å². The number of rotatable bonds is 6. The molecule has 5 rings (SSSR count). The van der Waals surface area contributed by atoms with Crippen molar-refractivity contribution >= 4 is 40.5 Å². The number of imide groups is 1. The van der Waals surface area contributed by atoms with E-state index in [1.807, 2.05) is 0 Å². The maximum atomic E-state index is 14.0. The topological polar surface area (TPSA) is 120 Å². The van der Waals surface area contributed by atoms with Gasteiger partial charge in [0.2, 0.25) is 5.72 Å². The first-order chi connectivity index (χ1) is 19.1. The molecule has 10 nitrogen and oxygen atoms in total. The van der Waals surface area contributed by atoms with Crippen molar-refractivity contribution in [3.8, 4) is 0 Å². The molecule has 10 heteroatoms. The number of ether oxygens (including phenoxy) is 2. The lowest BCUT2D eigenvalue weighted by Gasteiger charge is -2.37. The van der Waals surface area contributed by atoms with Crippen LogP contribution in [0.15, 0.2) is 79.1 Å². The minimum Gasteiger partial charge on any atom is -0.443 e. The molecule has 2 aromatic carbocycles. The van der Waals surface area contributed by atoms with E-state index >= 15 is 0 Å². The third kappa shape index (κ3) is 4.62. The third-order valence-corrected chi connectivity index (χ3v) is 6.57. The lowest BCUT2D eigenvalue weighted by Crippen LogP contribution is -2.61. The highest BCUT2D eigenvalue weighted by Crippen LogP contribution is 2.36. The predicted octanol–water partition coefficient (Wildman–Crippen LogP) is 4.64. The van der Waals surface area contributed by atoms with Gasteiger partial charge < -0.3 is 14.8 Å². The van der Waals surface area contributed by atoms with Crippen molar-refractivity contribution in [1.82, 2.24) is 14.5 Å². The molecule has 1 atom stereocenters. The van der Waals surface area contributed by atoms with Gasteiger partial charge in [-0.25, -0.2) is 14.7 Å². The van der Waals surface area contributed by atoms with Crippen molar-refractivity contribution in [3.05, 3.63) is 95.8 Å². The summed E-state index contributed by atoms with van der Waals surface area (Å²) in [6, 6.07) is 18.4. The number of fused-ring (bicyclic) bond motifs is 2. The number of carbonyl (C=O) groups is 4. The minimum atomic E-state index is -2.13. The van der Waals surface area contributed by atoms with Crippen LogP contribution in [-0.4, -0.2) is 56.7 Å². The minimum absolute atomic E-state index is 0.163.